The fraction of sp³-hybridized carbons (Fsp3) is 0. The normalized spacial score (nSPS) is 13.2. The van der Waals surface area contributed by atoms with E-state index in [1.165, 1.54) is 158 Å². The Morgan fingerprint density at radius 1 is 0.262 bits per heavy atom. The van der Waals surface area contributed by atoms with E-state index in [1.54, 1.807) is 0 Å². The Morgan fingerprint density at radius 3 is 1.02 bits per heavy atom. The number of hydrogen-bond acceptors (Lipinski definition) is 0. The number of rotatable bonds is 0. The van der Waals surface area contributed by atoms with E-state index in [4.69, 9.17) is 0 Å². The fourth-order valence-electron chi connectivity index (χ4n) is 13.3. The fourth-order valence-corrected chi connectivity index (χ4v) is 13.3. The van der Waals surface area contributed by atoms with E-state index in [9.17, 15) is 0 Å². The first kappa shape index (κ1) is 33.2. The number of hydrogen-bond donors (Lipinski definition) is 0. The van der Waals surface area contributed by atoms with Crippen LogP contribution in [0.3, 0.4) is 0 Å². The van der Waals surface area contributed by atoms with Crippen LogP contribution in [-0.4, -0.2) is 15.8 Å². The molecule has 15 aromatic rings. The van der Waals surface area contributed by atoms with Gasteiger partial charge < -0.3 is 9.13 Å². The van der Waals surface area contributed by atoms with Crippen molar-refractivity contribution in [3.63, 3.8) is 0 Å². The quantitative estimate of drug-likeness (QED) is 0.107. The summed E-state index contributed by atoms with van der Waals surface area (Å²) < 4.78 is 5.31. The minimum Gasteiger partial charge on any atom is -0.310 e. The molecule has 3 heteroatoms. The first-order valence-corrected chi connectivity index (χ1v) is 22.9. The second-order valence-electron chi connectivity index (χ2n) is 18.7. The van der Waals surface area contributed by atoms with Crippen molar-refractivity contribution < 1.29 is 0 Å². The maximum atomic E-state index is 2.66. The molecule has 0 atom stereocenters. The summed E-state index contributed by atoms with van der Waals surface area (Å²) in [7, 11) is 0. The zero-order valence-electron chi connectivity index (χ0n) is 35.0. The van der Waals surface area contributed by atoms with Crippen molar-refractivity contribution in [3.8, 4) is 11.4 Å². The van der Waals surface area contributed by atoms with Crippen LogP contribution in [0, 0.1) is 0 Å². The molecule has 0 fully saturated rings. The van der Waals surface area contributed by atoms with Gasteiger partial charge in [-0.25, -0.2) is 0 Å². The van der Waals surface area contributed by atoms with Crippen LogP contribution in [-0.2, 0) is 0 Å². The number of benzene rings is 13. The molecule has 0 N–H and O–H groups in total. The average Bonchev–Trinajstić information content (AvgIpc) is 3.91. The zero-order valence-corrected chi connectivity index (χ0v) is 35.0. The lowest BCUT2D eigenvalue weighted by molar-refractivity contribution is 1.14. The number of fused-ring (bicyclic) bond motifs is 26. The predicted octanol–water partition coefficient (Wildman–Crippen LogP) is 14.2. The first-order valence-electron chi connectivity index (χ1n) is 22.9. The summed E-state index contributed by atoms with van der Waals surface area (Å²) in [5.74, 6) is 0. The lowest BCUT2D eigenvalue weighted by Gasteiger charge is -2.34. The van der Waals surface area contributed by atoms with Gasteiger partial charge in [0.2, 0.25) is 0 Å². The van der Waals surface area contributed by atoms with E-state index >= 15 is 0 Å². The molecule has 0 radical (unpaired) electrons. The molecule has 4 heterocycles. The Hall–Kier alpha value is -8.40. The highest BCUT2D eigenvalue weighted by molar-refractivity contribution is 7.00. The van der Waals surface area contributed by atoms with Crippen LogP contribution in [0.2, 0.25) is 0 Å². The minimum atomic E-state index is -0.00224. The van der Waals surface area contributed by atoms with Gasteiger partial charge in [0, 0.05) is 32.9 Å². The summed E-state index contributed by atoms with van der Waals surface area (Å²) in [4.78, 5) is 0. The van der Waals surface area contributed by atoms with Gasteiger partial charge in [-0.05, 0) is 127 Å². The summed E-state index contributed by atoms with van der Waals surface area (Å²) in [6.45, 7) is -0.00224. The highest BCUT2D eigenvalue weighted by Gasteiger charge is 2.42. The van der Waals surface area contributed by atoms with Gasteiger partial charge in [-0.2, -0.15) is 0 Å². The van der Waals surface area contributed by atoms with Crippen molar-refractivity contribution >= 4 is 153 Å². The van der Waals surface area contributed by atoms with Crippen molar-refractivity contribution in [2.75, 3.05) is 0 Å². The Kier molecular flexibility index (Phi) is 5.82. The summed E-state index contributed by atoms with van der Waals surface area (Å²) in [5.41, 5.74) is 11.8. The third-order valence-electron chi connectivity index (χ3n) is 15.7. The van der Waals surface area contributed by atoms with Crippen LogP contribution in [0.4, 0.5) is 0 Å². The third-order valence-corrected chi connectivity index (χ3v) is 15.7. The highest BCUT2D eigenvalue weighted by Crippen LogP contribution is 2.49. The summed E-state index contributed by atoms with van der Waals surface area (Å²) >= 11 is 0. The molecular weight excluding hydrogens is 784 g/mol. The molecule has 2 nitrogen and oxygen atoms in total. The van der Waals surface area contributed by atoms with Gasteiger partial charge >= 0.3 is 0 Å². The van der Waals surface area contributed by atoms with E-state index in [0.717, 1.165) is 0 Å². The number of aromatic nitrogens is 2. The second kappa shape index (κ2) is 11.4. The largest absolute Gasteiger partial charge is 0.310 e. The minimum absolute atomic E-state index is 0.00224. The van der Waals surface area contributed by atoms with Gasteiger partial charge in [-0.1, -0.05) is 176 Å². The van der Waals surface area contributed by atoms with E-state index in [1.807, 2.05) is 0 Å². The van der Waals surface area contributed by atoms with Crippen LogP contribution in [0.15, 0.2) is 200 Å². The lowest BCUT2D eigenvalue weighted by Crippen LogP contribution is -2.59. The van der Waals surface area contributed by atoms with Gasteiger partial charge in [0.1, 0.15) is 0 Å². The lowest BCUT2D eigenvalue weighted by atomic mass is 9.34. The maximum absolute atomic E-state index is 2.66. The van der Waals surface area contributed by atoms with Crippen molar-refractivity contribution in [1.82, 2.24) is 9.13 Å². The molecule has 0 amide bonds. The Labute approximate surface area is 371 Å². The van der Waals surface area contributed by atoms with Crippen molar-refractivity contribution in [3.05, 3.63) is 200 Å². The number of nitrogens with zero attached hydrogens (tertiary/aromatic N) is 2. The van der Waals surface area contributed by atoms with Crippen LogP contribution in [0.25, 0.3) is 141 Å². The van der Waals surface area contributed by atoms with Gasteiger partial charge in [-0.15, -0.1) is 0 Å². The van der Waals surface area contributed by atoms with E-state index in [2.05, 4.69) is 209 Å². The molecule has 65 heavy (non-hydrogen) atoms. The van der Waals surface area contributed by atoms with Gasteiger partial charge in [0.15, 0.2) is 0 Å². The molecule has 0 aliphatic carbocycles. The van der Waals surface area contributed by atoms with Crippen LogP contribution >= 0.6 is 0 Å². The molecular formula is C62H33BN2. The van der Waals surface area contributed by atoms with E-state index < -0.39 is 0 Å². The van der Waals surface area contributed by atoms with Crippen LogP contribution in [0.5, 0.6) is 0 Å². The molecule has 13 aromatic carbocycles. The summed E-state index contributed by atoms with van der Waals surface area (Å²) in [6, 6.07) is 76.4. The van der Waals surface area contributed by atoms with E-state index in [0.29, 0.717) is 0 Å². The molecule has 0 bridgehead atoms. The van der Waals surface area contributed by atoms with Crippen LogP contribution in [0.1, 0.15) is 0 Å². The molecule has 17 rings (SSSR count). The zero-order chi connectivity index (χ0) is 41.8. The Morgan fingerprint density at radius 2 is 0.600 bits per heavy atom. The molecule has 294 valence electrons. The molecule has 2 aliphatic rings. The Bertz CT molecular complexity index is 4480. The van der Waals surface area contributed by atoms with Crippen molar-refractivity contribution in [1.29, 1.82) is 0 Å². The molecule has 0 saturated carbocycles. The maximum Gasteiger partial charge on any atom is 0.252 e. The molecule has 2 aliphatic heterocycles. The summed E-state index contributed by atoms with van der Waals surface area (Å²) in [6.07, 6.45) is 0. The molecule has 0 saturated heterocycles. The smallest absolute Gasteiger partial charge is 0.252 e. The highest BCUT2D eigenvalue weighted by atomic mass is 15.0. The predicted molar refractivity (Wildman–Crippen MR) is 280 cm³/mol. The van der Waals surface area contributed by atoms with Crippen molar-refractivity contribution in [2.24, 2.45) is 0 Å². The monoisotopic (exact) mass is 816 g/mol. The Balaban J connectivity index is 1.15. The summed E-state index contributed by atoms with van der Waals surface area (Å²) in [5, 5.41) is 26.1. The topological polar surface area (TPSA) is 9.86 Å². The van der Waals surface area contributed by atoms with Crippen LogP contribution < -0.4 is 16.4 Å². The van der Waals surface area contributed by atoms with Gasteiger partial charge in [-0.3, -0.25) is 0 Å². The second-order valence-corrected chi connectivity index (χ2v) is 18.7. The first-order chi connectivity index (χ1) is 32.3. The molecule has 0 unspecified atom stereocenters. The SMILES string of the molecule is c1cc2c3c(c1)-n1c4ccc5ccc6ccccc6c5c4c4c5c(ccc6ccccc65)cc(c41)B3c1cc3ccc4ccccc4c3c3c4c5c(ccc6ccccc65)ccc4n-2c13. The van der Waals surface area contributed by atoms with E-state index in [-0.39, 0.29) is 6.71 Å². The third kappa shape index (κ3) is 3.85. The average molecular weight is 817 g/mol. The molecule has 0 spiro atoms. The van der Waals surface area contributed by atoms with Gasteiger partial charge in [0.05, 0.1) is 22.1 Å². The molecule has 2 aromatic heterocycles. The van der Waals surface area contributed by atoms with Crippen molar-refractivity contribution in [2.45, 2.75) is 0 Å². The standard InChI is InChI=1S/C62H33BN2/c1-5-14-42-34(10-1)20-24-38-28-30-48-56(52(38)42)58-54-40(26-22-36-12-3-7-16-44(36)54)32-46-61(58)64(48)50-18-9-19-51-60(50)63(46)47-33-41-27-23-37-13-4-8-17-45(37)55(41)59-57-49(65(51)62(47)59)31-29-39-25-21-35-11-2-6-15-43(35)53(39)57/h1-33H. The van der Waals surface area contributed by atoms with Gasteiger partial charge in [0.25, 0.3) is 6.71 Å².